The minimum atomic E-state index is -3.24. The van der Waals surface area contributed by atoms with Gasteiger partial charge < -0.3 is 10.2 Å². The number of halogens is 2. The van der Waals surface area contributed by atoms with Crippen molar-refractivity contribution in [2.24, 2.45) is 4.99 Å². The van der Waals surface area contributed by atoms with Crippen molar-refractivity contribution < 1.29 is 8.42 Å². The Kier molecular flexibility index (Phi) is 11.4. The lowest BCUT2D eigenvalue weighted by Crippen LogP contribution is -2.41. The highest BCUT2D eigenvalue weighted by molar-refractivity contribution is 14.0. The van der Waals surface area contributed by atoms with Crippen molar-refractivity contribution in [2.75, 3.05) is 50.5 Å². The van der Waals surface area contributed by atoms with Crippen molar-refractivity contribution in [1.82, 2.24) is 14.5 Å². The van der Waals surface area contributed by atoms with Gasteiger partial charge in [-0.3, -0.25) is 4.99 Å². The molecule has 0 unspecified atom stereocenters. The summed E-state index contributed by atoms with van der Waals surface area (Å²) in [5, 5.41) is 3.92. The van der Waals surface area contributed by atoms with Crippen LogP contribution < -0.4 is 5.32 Å². The maximum absolute atomic E-state index is 12.4. The second kappa shape index (κ2) is 12.4. The first-order valence-corrected chi connectivity index (χ1v) is 11.9. The second-order valence-electron chi connectivity index (χ2n) is 6.01. The van der Waals surface area contributed by atoms with Crippen molar-refractivity contribution in [3.05, 3.63) is 34.9 Å². The third-order valence-corrected chi connectivity index (χ3v) is 7.20. The van der Waals surface area contributed by atoms with Gasteiger partial charge in [-0.1, -0.05) is 29.8 Å². The van der Waals surface area contributed by atoms with E-state index in [-0.39, 0.29) is 36.3 Å². The molecule has 1 aliphatic rings. The lowest BCUT2D eigenvalue weighted by molar-refractivity contribution is 0.443. The Morgan fingerprint density at radius 3 is 2.63 bits per heavy atom. The summed E-state index contributed by atoms with van der Waals surface area (Å²) < 4.78 is 26.4. The molecule has 1 heterocycles. The maximum Gasteiger partial charge on any atom is 0.215 e. The summed E-state index contributed by atoms with van der Waals surface area (Å²) in [5.74, 6) is 2.45. The first-order valence-electron chi connectivity index (χ1n) is 8.72. The molecule has 6 nitrogen and oxygen atoms in total. The Balaban J connectivity index is 0.00000364. The molecule has 0 atom stereocenters. The van der Waals surface area contributed by atoms with Gasteiger partial charge in [0.25, 0.3) is 0 Å². The van der Waals surface area contributed by atoms with Gasteiger partial charge in [-0.15, -0.1) is 24.0 Å². The van der Waals surface area contributed by atoms with Gasteiger partial charge in [0.15, 0.2) is 5.96 Å². The molecular formula is C17H28ClIN4O2S2. The lowest BCUT2D eigenvalue weighted by atomic mass is 10.2. The molecule has 0 radical (unpaired) electrons. The minimum Gasteiger partial charge on any atom is -0.357 e. The van der Waals surface area contributed by atoms with Crippen LogP contribution in [0, 0.1) is 0 Å². The minimum absolute atomic E-state index is 0. The summed E-state index contributed by atoms with van der Waals surface area (Å²) >= 11 is 8.02. The predicted octanol–water partition coefficient (Wildman–Crippen LogP) is 2.73. The summed E-state index contributed by atoms with van der Waals surface area (Å²) in [4.78, 5) is 6.45. The van der Waals surface area contributed by atoms with Gasteiger partial charge in [-0.05, 0) is 18.6 Å². The van der Waals surface area contributed by atoms with Crippen molar-refractivity contribution in [2.45, 2.75) is 13.5 Å². The molecule has 0 aliphatic carbocycles. The van der Waals surface area contributed by atoms with Crippen LogP contribution >= 0.6 is 47.3 Å². The average Bonchev–Trinajstić information content (AvgIpc) is 2.63. The molecular weight excluding hydrogens is 519 g/mol. The van der Waals surface area contributed by atoms with Gasteiger partial charge in [0.2, 0.25) is 10.0 Å². The van der Waals surface area contributed by atoms with E-state index >= 15 is 0 Å². The molecule has 0 amide bonds. The summed E-state index contributed by atoms with van der Waals surface area (Å²) in [6, 6.07) is 7.68. The summed E-state index contributed by atoms with van der Waals surface area (Å²) in [7, 11) is -1.32. The molecule has 0 aromatic heterocycles. The maximum atomic E-state index is 12.4. The van der Waals surface area contributed by atoms with Gasteiger partial charge >= 0.3 is 0 Å². The molecule has 1 aliphatic heterocycles. The van der Waals surface area contributed by atoms with Gasteiger partial charge in [-0.2, -0.15) is 11.8 Å². The average molecular weight is 547 g/mol. The number of guanidine groups is 1. The molecule has 10 heteroatoms. The van der Waals surface area contributed by atoms with Gasteiger partial charge in [0, 0.05) is 49.8 Å². The zero-order valence-electron chi connectivity index (χ0n) is 15.7. The molecule has 1 N–H and O–H groups in total. The second-order valence-corrected chi connectivity index (χ2v) is 9.73. The quantitative estimate of drug-likeness (QED) is 0.324. The van der Waals surface area contributed by atoms with E-state index in [1.54, 1.807) is 16.1 Å². The van der Waals surface area contributed by atoms with E-state index in [1.165, 1.54) is 0 Å². The van der Waals surface area contributed by atoms with E-state index in [4.69, 9.17) is 11.6 Å². The van der Waals surface area contributed by atoms with Crippen molar-refractivity contribution in [3.8, 4) is 0 Å². The SMILES string of the molecule is CCNC(=NCCS(=O)(=O)N1CCSCC1)N(C)Cc1ccccc1Cl.I. The van der Waals surface area contributed by atoms with Crippen LogP contribution in [0.15, 0.2) is 29.3 Å². The molecule has 1 fully saturated rings. The molecule has 2 rings (SSSR count). The number of rotatable bonds is 7. The zero-order chi connectivity index (χ0) is 19.0. The van der Waals surface area contributed by atoms with Crippen LogP contribution in [0.2, 0.25) is 5.02 Å². The molecule has 1 aromatic rings. The Morgan fingerprint density at radius 2 is 2.00 bits per heavy atom. The lowest BCUT2D eigenvalue weighted by Gasteiger charge is -2.25. The number of hydrogen-bond donors (Lipinski definition) is 1. The molecule has 0 bridgehead atoms. The monoisotopic (exact) mass is 546 g/mol. The third kappa shape index (κ3) is 7.96. The molecule has 1 aromatic carbocycles. The zero-order valence-corrected chi connectivity index (χ0v) is 20.4. The van der Waals surface area contributed by atoms with E-state index in [0.29, 0.717) is 37.2 Å². The molecule has 1 saturated heterocycles. The largest absolute Gasteiger partial charge is 0.357 e. The van der Waals surface area contributed by atoms with Crippen LogP contribution in [0.3, 0.4) is 0 Å². The third-order valence-electron chi connectivity index (χ3n) is 4.04. The fraction of sp³-hybridized carbons (Fsp3) is 0.588. The van der Waals surface area contributed by atoms with Crippen molar-refractivity contribution in [1.29, 1.82) is 0 Å². The first-order chi connectivity index (χ1) is 12.4. The van der Waals surface area contributed by atoms with Crippen LogP contribution in [0.1, 0.15) is 12.5 Å². The summed E-state index contributed by atoms with van der Waals surface area (Å²) in [6.07, 6.45) is 0. The van der Waals surface area contributed by atoms with Crippen LogP contribution in [-0.4, -0.2) is 74.1 Å². The Morgan fingerprint density at radius 1 is 1.33 bits per heavy atom. The number of nitrogens with zero attached hydrogens (tertiary/aromatic N) is 3. The van der Waals surface area contributed by atoms with E-state index in [9.17, 15) is 8.42 Å². The highest BCUT2D eigenvalue weighted by Crippen LogP contribution is 2.16. The fourth-order valence-corrected chi connectivity index (χ4v) is 5.30. The fourth-order valence-electron chi connectivity index (χ4n) is 2.65. The van der Waals surface area contributed by atoms with Crippen LogP contribution in [0.25, 0.3) is 0 Å². The predicted molar refractivity (Wildman–Crippen MR) is 127 cm³/mol. The number of nitrogens with one attached hydrogen (secondary N) is 1. The van der Waals surface area contributed by atoms with E-state index < -0.39 is 10.0 Å². The van der Waals surface area contributed by atoms with E-state index in [1.807, 2.05) is 43.1 Å². The summed E-state index contributed by atoms with van der Waals surface area (Å²) in [6.45, 7) is 4.73. The van der Waals surface area contributed by atoms with Crippen molar-refractivity contribution >= 4 is 63.3 Å². The van der Waals surface area contributed by atoms with Crippen LogP contribution in [-0.2, 0) is 16.6 Å². The molecule has 27 heavy (non-hydrogen) atoms. The van der Waals surface area contributed by atoms with Crippen LogP contribution in [0.5, 0.6) is 0 Å². The number of hydrogen-bond acceptors (Lipinski definition) is 4. The highest BCUT2D eigenvalue weighted by Gasteiger charge is 2.23. The van der Waals surface area contributed by atoms with E-state index in [2.05, 4.69) is 10.3 Å². The Labute approximate surface area is 189 Å². The molecule has 0 saturated carbocycles. The number of thioether (sulfide) groups is 1. The van der Waals surface area contributed by atoms with Gasteiger partial charge in [0.1, 0.15) is 0 Å². The van der Waals surface area contributed by atoms with Crippen molar-refractivity contribution in [3.63, 3.8) is 0 Å². The topological polar surface area (TPSA) is 65.0 Å². The Hall–Kier alpha value is -0.230. The van der Waals surface area contributed by atoms with E-state index in [0.717, 1.165) is 17.1 Å². The van der Waals surface area contributed by atoms with Gasteiger partial charge in [-0.25, -0.2) is 12.7 Å². The first kappa shape index (κ1) is 24.8. The highest BCUT2D eigenvalue weighted by atomic mass is 127. The number of sulfonamides is 1. The normalized spacial score (nSPS) is 15.9. The molecule has 0 spiro atoms. The number of benzene rings is 1. The number of aliphatic imine (C=N–C) groups is 1. The summed E-state index contributed by atoms with van der Waals surface area (Å²) in [5.41, 5.74) is 1.00. The van der Waals surface area contributed by atoms with Gasteiger partial charge in [0.05, 0.1) is 12.3 Å². The Bertz CT molecular complexity index is 713. The van der Waals surface area contributed by atoms with Crippen LogP contribution in [0.4, 0.5) is 0 Å². The standard InChI is InChI=1S/C17H27ClN4O2S2.HI/c1-3-19-17(21(2)14-15-6-4-5-7-16(15)18)20-8-13-26(23,24)22-9-11-25-12-10-22;/h4-7H,3,8-14H2,1-2H3,(H,19,20);1H. The smallest absolute Gasteiger partial charge is 0.215 e. The molecule has 154 valence electrons.